The molecule has 1 atom stereocenters. The lowest BCUT2D eigenvalue weighted by Crippen LogP contribution is -2.42. The maximum Gasteiger partial charge on any atom is 0.326 e. The van der Waals surface area contributed by atoms with Crippen molar-refractivity contribution in [2.24, 2.45) is 0 Å². The van der Waals surface area contributed by atoms with E-state index in [0.717, 1.165) is 5.39 Å². The van der Waals surface area contributed by atoms with Crippen LogP contribution < -0.4 is 5.32 Å². The fourth-order valence-corrected chi connectivity index (χ4v) is 2.74. The molecule has 0 saturated carbocycles. The van der Waals surface area contributed by atoms with Gasteiger partial charge in [-0.1, -0.05) is 23.7 Å². The van der Waals surface area contributed by atoms with Crippen LogP contribution in [0.2, 0.25) is 5.02 Å². The molecule has 0 saturated heterocycles. The third kappa shape index (κ3) is 3.97. The summed E-state index contributed by atoms with van der Waals surface area (Å²) in [5.41, 5.74) is 1.42. The zero-order chi connectivity index (χ0) is 18.0. The zero-order valence-corrected chi connectivity index (χ0v) is 13.7. The Morgan fingerprint density at radius 1 is 1.20 bits per heavy atom. The molecule has 0 fully saturated rings. The van der Waals surface area contributed by atoms with Crippen LogP contribution in [0.15, 0.2) is 48.5 Å². The summed E-state index contributed by atoms with van der Waals surface area (Å²) >= 11 is 5.91. The standard InChI is InChI=1S/C18H14ClFN2O3/c19-12-4-5-14-11(8-12)9-15(21-14)17(23)22-16(18(24)25)7-10-2-1-3-13(20)6-10/h1-6,8-9,16,21H,7H2,(H,22,23)(H,24,25). The van der Waals surface area contributed by atoms with Crippen molar-refractivity contribution in [3.8, 4) is 0 Å². The topological polar surface area (TPSA) is 82.2 Å². The first-order valence-electron chi connectivity index (χ1n) is 7.49. The zero-order valence-electron chi connectivity index (χ0n) is 12.9. The number of carboxylic acid groups (broad SMARTS) is 1. The molecule has 128 valence electrons. The predicted molar refractivity (Wildman–Crippen MR) is 92.3 cm³/mol. The minimum atomic E-state index is -1.20. The van der Waals surface area contributed by atoms with Crippen molar-refractivity contribution < 1.29 is 19.1 Å². The molecule has 1 aromatic heterocycles. The van der Waals surface area contributed by atoms with Gasteiger partial charge in [0.15, 0.2) is 0 Å². The second kappa shape index (κ2) is 6.94. The molecule has 5 nitrogen and oxygen atoms in total. The van der Waals surface area contributed by atoms with Crippen LogP contribution in [-0.2, 0) is 11.2 Å². The van der Waals surface area contributed by atoms with E-state index in [1.165, 1.54) is 18.2 Å². The molecule has 3 N–H and O–H groups in total. The van der Waals surface area contributed by atoms with Gasteiger partial charge in [-0.2, -0.15) is 0 Å². The number of amides is 1. The largest absolute Gasteiger partial charge is 0.480 e. The molecule has 0 aliphatic rings. The Balaban J connectivity index is 1.78. The number of H-pyrrole nitrogens is 1. The van der Waals surface area contributed by atoms with E-state index in [1.54, 1.807) is 30.3 Å². The van der Waals surface area contributed by atoms with Gasteiger partial charge in [0.1, 0.15) is 17.6 Å². The van der Waals surface area contributed by atoms with E-state index in [0.29, 0.717) is 16.1 Å². The highest BCUT2D eigenvalue weighted by Crippen LogP contribution is 2.20. The second-order valence-electron chi connectivity index (χ2n) is 5.61. The lowest BCUT2D eigenvalue weighted by Gasteiger charge is -2.14. The first kappa shape index (κ1) is 17.0. The maximum absolute atomic E-state index is 13.2. The predicted octanol–water partition coefficient (Wildman–Crippen LogP) is 3.39. The Hall–Kier alpha value is -2.86. The average molecular weight is 361 g/mol. The van der Waals surface area contributed by atoms with Crippen LogP contribution in [0.1, 0.15) is 16.1 Å². The number of hydrogen-bond donors (Lipinski definition) is 3. The van der Waals surface area contributed by atoms with Gasteiger partial charge < -0.3 is 15.4 Å². The quantitative estimate of drug-likeness (QED) is 0.652. The third-order valence-corrected chi connectivity index (χ3v) is 3.99. The Kier molecular flexibility index (Phi) is 4.72. The highest BCUT2D eigenvalue weighted by molar-refractivity contribution is 6.31. The van der Waals surface area contributed by atoms with Gasteiger partial charge in [-0.25, -0.2) is 9.18 Å². The van der Waals surface area contributed by atoms with E-state index in [2.05, 4.69) is 10.3 Å². The van der Waals surface area contributed by atoms with E-state index in [-0.39, 0.29) is 12.1 Å². The monoisotopic (exact) mass is 360 g/mol. The summed E-state index contributed by atoms with van der Waals surface area (Å²) in [6, 6.07) is 11.2. The van der Waals surface area contributed by atoms with Crippen LogP contribution in [0.5, 0.6) is 0 Å². The van der Waals surface area contributed by atoms with Gasteiger partial charge in [0.05, 0.1) is 0 Å². The Morgan fingerprint density at radius 2 is 2.00 bits per heavy atom. The van der Waals surface area contributed by atoms with Crippen molar-refractivity contribution in [2.45, 2.75) is 12.5 Å². The van der Waals surface area contributed by atoms with Crippen LogP contribution >= 0.6 is 11.6 Å². The highest BCUT2D eigenvalue weighted by atomic mass is 35.5. The lowest BCUT2D eigenvalue weighted by molar-refractivity contribution is -0.139. The molecule has 1 amide bonds. The van der Waals surface area contributed by atoms with Crippen molar-refractivity contribution in [1.29, 1.82) is 0 Å². The van der Waals surface area contributed by atoms with Gasteiger partial charge in [-0.15, -0.1) is 0 Å². The van der Waals surface area contributed by atoms with E-state index < -0.39 is 23.7 Å². The Morgan fingerprint density at radius 3 is 2.72 bits per heavy atom. The summed E-state index contributed by atoms with van der Waals surface area (Å²) in [6.07, 6.45) is -0.0229. The van der Waals surface area contributed by atoms with Crippen molar-refractivity contribution >= 4 is 34.4 Å². The van der Waals surface area contributed by atoms with Gasteiger partial charge in [-0.05, 0) is 42.0 Å². The van der Waals surface area contributed by atoms with Crippen LogP contribution in [0.4, 0.5) is 4.39 Å². The van der Waals surface area contributed by atoms with Crippen LogP contribution in [0.25, 0.3) is 10.9 Å². The van der Waals surface area contributed by atoms with Gasteiger partial charge in [0, 0.05) is 22.3 Å². The Bertz CT molecular complexity index is 954. The SMILES string of the molecule is O=C(NC(Cc1cccc(F)c1)C(=O)O)c1cc2cc(Cl)ccc2[nH]1. The minimum Gasteiger partial charge on any atom is -0.480 e. The summed E-state index contributed by atoms with van der Waals surface area (Å²) in [4.78, 5) is 26.7. The maximum atomic E-state index is 13.2. The number of carbonyl (C=O) groups excluding carboxylic acids is 1. The summed E-state index contributed by atoms with van der Waals surface area (Å²) < 4.78 is 13.2. The van der Waals surface area contributed by atoms with Crippen molar-refractivity contribution in [3.05, 3.63) is 70.6 Å². The van der Waals surface area contributed by atoms with E-state index in [4.69, 9.17) is 11.6 Å². The van der Waals surface area contributed by atoms with Crippen LogP contribution in [0, 0.1) is 5.82 Å². The fourth-order valence-electron chi connectivity index (χ4n) is 2.56. The lowest BCUT2D eigenvalue weighted by atomic mass is 10.1. The van der Waals surface area contributed by atoms with E-state index >= 15 is 0 Å². The molecule has 0 radical (unpaired) electrons. The number of halogens is 2. The van der Waals surface area contributed by atoms with Crippen molar-refractivity contribution in [2.75, 3.05) is 0 Å². The molecule has 0 bridgehead atoms. The number of aromatic nitrogens is 1. The van der Waals surface area contributed by atoms with Crippen LogP contribution in [-0.4, -0.2) is 28.0 Å². The van der Waals surface area contributed by atoms with Gasteiger partial charge in [0.25, 0.3) is 5.91 Å². The molecule has 3 aromatic rings. The van der Waals surface area contributed by atoms with Crippen molar-refractivity contribution in [1.82, 2.24) is 10.3 Å². The van der Waals surface area contributed by atoms with E-state index in [9.17, 15) is 19.1 Å². The number of carboxylic acids is 1. The average Bonchev–Trinajstić information content (AvgIpc) is 2.97. The van der Waals surface area contributed by atoms with Crippen molar-refractivity contribution in [3.63, 3.8) is 0 Å². The number of carbonyl (C=O) groups is 2. The molecule has 0 spiro atoms. The number of hydrogen-bond acceptors (Lipinski definition) is 2. The van der Waals surface area contributed by atoms with E-state index in [1.807, 2.05) is 0 Å². The second-order valence-corrected chi connectivity index (χ2v) is 6.05. The smallest absolute Gasteiger partial charge is 0.326 e. The highest BCUT2D eigenvalue weighted by Gasteiger charge is 2.22. The number of nitrogens with one attached hydrogen (secondary N) is 2. The molecule has 1 unspecified atom stereocenters. The number of rotatable bonds is 5. The Labute approximate surface area is 147 Å². The molecule has 0 aliphatic heterocycles. The number of benzene rings is 2. The molecule has 0 aliphatic carbocycles. The molecule has 2 aromatic carbocycles. The molecule has 1 heterocycles. The molecular weight excluding hydrogens is 347 g/mol. The summed E-state index contributed by atoms with van der Waals surface area (Å²) in [5, 5.41) is 13.1. The number of aromatic amines is 1. The summed E-state index contributed by atoms with van der Waals surface area (Å²) in [6.45, 7) is 0. The molecular formula is C18H14ClFN2O3. The molecule has 7 heteroatoms. The fraction of sp³-hybridized carbons (Fsp3) is 0.111. The molecule has 3 rings (SSSR count). The van der Waals surface area contributed by atoms with Crippen LogP contribution in [0.3, 0.4) is 0 Å². The summed E-state index contributed by atoms with van der Waals surface area (Å²) in [5.74, 6) is -2.21. The van der Waals surface area contributed by atoms with Gasteiger partial charge in [0.2, 0.25) is 0 Å². The molecule has 25 heavy (non-hydrogen) atoms. The van der Waals surface area contributed by atoms with Gasteiger partial charge in [-0.3, -0.25) is 4.79 Å². The minimum absolute atomic E-state index is 0.0229. The first-order chi connectivity index (χ1) is 11.9. The van der Waals surface area contributed by atoms with Gasteiger partial charge >= 0.3 is 5.97 Å². The summed E-state index contributed by atoms with van der Waals surface area (Å²) in [7, 11) is 0. The number of fused-ring (bicyclic) bond motifs is 1. The third-order valence-electron chi connectivity index (χ3n) is 3.76. The first-order valence-corrected chi connectivity index (χ1v) is 7.86. The normalized spacial score (nSPS) is 12.1. The number of aliphatic carboxylic acids is 1.